The van der Waals surface area contributed by atoms with Gasteiger partial charge in [-0.1, -0.05) is 0 Å². The SMILES string of the molecule is [Ag].[Co].[Cu].[O]=[Co]. The molecule has 5 heavy (non-hydrogen) atoms. The van der Waals surface area contributed by atoms with Crippen LogP contribution in [0.3, 0.4) is 0 Å². The van der Waals surface area contributed by atoms with Crippen LogP contribution in [0.25, 0.3) is 0 Å². The fraction of sp³-hybridized carbons (Fsp3) is 0. The average molecular weight is 305 g/mol. The average Bonchev–Trinajstić information content (AvgIpc) is 1.00. The molecule has 0 aliphatic rings. The van der Waals surface area contributed by atoms with Crippen molar-refractivity contribution in [1.29, 1.82) is 0 Å². The van der Waals surface area contributed by atoms with Crippen molar-refractivity contribution in [2.24, 2.45) is 0 Å². The van der Waals surface area contributed by atoms with E-state index in [2.05, 4.69) is 15.7 Å². The molecule has 0 saturated carbocycles. The summed E-state index contributed by atoms with van der Waals surface area (Å²) in [6.07, 6.45) is 0. The second kappa shape index (κ2) is 36.4. The van der Waals surface area contributed by atoms with Gasteiger partial charge in [-0.3, -0.25) is 0 Å². The van der Waals surface area contributed by atoms with E-state index in [0.717, 1.165) is 0 Å². The Morgan fingerprint density at radius 1 is 1.20 bits per heavy atom. The third kappa shape index (κ3) is 23.4. The van der Waals surface area contributed by atoms with Crippen molar-refractivity contribution in [1.82, 2.24) is 0 Å². The standard InChI is InChI=1S/Ag.2Co.Cu.O. The molecule has 0 rings (SSSR count). The minimum atomic E-state index is 0. The van der Waals surface area contributed by atoms with E-state index in [1.165, 1.54) is 0 Å². The summed E-state index contributed by atoms with van der Waals surface area (Å²) < 4.78 is 7.94. The summed E-state index contributed by atoms with van der Waals surface area (Å²) in [4.78, 5) is 0. The van der Waals surface area contributed by atoms with Gasteiger partial charge in [0.05, 0.1) is 0 Å². The molecule has 46 valence electrons. The minimum absolute atomic E-state index is 0. The van der Waals surface area contributed by atoms with Gasteiger partial charge in [-0.25, -0.2) is 0 Å². The van der Waals surface area contributed by atoms with Crippen LogP contribution in [-0.4, -0.2) is 0 Å². The molecule has 0 aromatic rings. The quantitative estimate of drug-likeness (QED) is 0.570. The second-order valence-electron chi connectivity index (χ2n) is 0. The van der Waals surface area contributed by atoms with Crippen LogP contribution >= 0.6 is 0 Å². The van der Waals surface area contributed by atoms with E-state index in [9.17, 15) is 0 Å². The molecule has 0 N–H and O–H groups in total. The molecule has 1 nitrogen and oxygen atoms in total. The Morgan fingerprint density at radius 2 is 1.20 bits per heavy atom. The number of rotatable bonds is 0. The maximum atomic E-state index is 7.94. The molecule has 0 unspecified atom stereocenters. The van der Waals surface area contributed by atoms with Gasteiger partial charge in [0.2, 0.25) is 0 Å². The molecule has 0 aliphatic carbocycles. The second-order valence-corrected chi connectivity index (χ2v) is 0. The molecular formula is AgCo2CuO. The van der Waals surface area contributed by atoms with Gasteiger partial charge in [0.15, 0.2) is 0 Å². The van der Waals surface area contributed by atoms with Crippen LogP contribution in [0.1, 0.15) is 0 Å². The molecule has 0 heterocycles. The van der Waals surface area contributed by atoms with Gasteiger partial charge in [-0.15, -0.1) is 0 Å². The fourth-order valence-electron chi connectivity index (χ4n) is 0. The summed E-state index contributed by atoms with van der Waals surface area (Å²) in [5.41, 5.74) is 0. The van der Waals surface area contributed by atoms with Crippen LogP contribution < -0.4 is 0 Å². The van der Waals surface area contributed by atoms with E-state index in [-0.39, 0.29) is 56.2 Å². The van der Waals surface area contributed by atoms with Gasteiger partial charge < -0.3 is 0 Å². The van der Waals surface area contributed by atoms with Crippen molar-refractivity contribution in [2.75, 3.05) is 0 Å². The van der Waals surface area contributed by atoms with E-state index in [1.54, 1.807) is 0 Å². The van der Waals surface area contributed by atoms with E-state index in [4.69, 9.17) is 3.87 Å². The normalized spacial score (nSPS) is 1.00. The van der Waals surface area contributed by atoms with Crippen LogP contribution in [0.2, 0.25) is 0 Å². The molecule has 5 heteroatoms. The Bertz CT molecular complexity index is 9.61. The van der Waals surface area contributed by atoms with E-state index in [1.807, 2.05) is 0 Å². The zero-order valence-corrected chi connectivity index (χ0v) is 6.18. The van der Waals surface area contributed by atoms with Gasteiger partial charge in [0.25, 0.3) is 0 Å². The van der Waals surface area contributed by atoms with E-state index < -0.39 is 0 Å². The Labute approximate surface area is 75.0 Å². The zero-order valence-electron chi connectivity index (χ0n) is 1.68. The summed E-state index contributed by atoms with van der Waals surface area (Å²) in [5, 5.41) is 0. The first-order valence-electron chi connectivity index (χ1n) is 0.136. The summed E-state index contributed by atoms with van der Waals surface area (Å²) in [7, 11) is 0. The molecule has 0 amide bonds. The fourth-order valence-corrected chi connectivity index (χ4v) is 0. The predicted octanol–water partition coefficient (Wildman–Crippen LogP) is -0.129. The van der Waals surface area contributed by atoms with Gasteiger partial charge in [0.1, 0.15) is 0 Å². The van der Waals surface area contributed by atoms with Crippen molar-refractivity contribution >= 4 is 0 Å². The van der Waals surface area contributed by atoms with Crippen LogP contribution in [0.15, 0.2) is 0 Å². The van der Waals surface area contributed by atoms with Gasteiger partial charge in [0, 0.05) is 56.2 Å². The monoisotopic (exact) mass is 304 g/mol. The molecule has 0 fully saturated rings. The van der Waals surface area contributed by atoms with Gasteiger partial charge >= 0.3 is 19.5 Å². The third-order valence-electron chi connectivity index (χ3n) is 0. The topological polar surface area (TPSA) is 17.1 Å². The molecule has 0 aliphatic heterocycles. The molecule has 3 radical (unpaired) electrons. The first kappa shape index (κ1) is 27.6. The Morgan fingerprint density at radius 3 is 1.20 bits per heavy atom. The number of hydrogen-bond acceptors (Lipinski definition) is 1. The van der Waals surface area contributed by atoms with Crippen LogP contribution in [0, 0.1) is 0 Å². The molecule has 0 spiro atoms. The van der Waals surface area contributed by atoms with Crippen LogP contribution in [0.5, 0.6) is 0 Å². The van der Waals surface area contributed by atoms with Gasteiger partial charge in [-0.05, 0) is 0 Å². The Kier molecular flexibility index (Phi) is 201. The number of hydrogen-bond donors (Lipinski definition) is 0. The van der Waals surface area contributed by atoms with E-state index in [0.29, 0.717) is 0 Å². The molecule has 0 saturated heterocycles. The molecule has 0 aromatic carbocycles. The maximum absolute atomic E-state index is 7.94. The first-order chi connectivity index (χ1) is 1.00. The first-order valence-corrected chi connectivity index (χ1v) is 0.561. The summed E-state index contributed by atoms with van der Waals surface area (Å²) >= 11 is 2.31. The van der Waals surface area contributed by atoms with Crippen molar-refractivity contribution in [2.45, 2.75) is 0 Å². The van der Waals surface area contributed by atoms with Crippen molar-refractivity contribution in [3.05, 3.63) is 0 Å². The third-order valence-corrected chi connectivity index (χ3v) is 0. The Hall–Kier alpha value is 2.07. The van der Waals surface area contributed by atoms with Crippen molar-refractivity contribution in [3.63, 3.8) is 0 Å². The van der Waals surface area contributed by atoms with Gasteiger partial charge in [-0.2, -0.15) is 0 Å². The van der Waals surface area contributed by atoms with E-state index >= 15 is 0 Å². The van der Waals surface area contributed by atoms with Crippen LogP contribution in [0.4, 0.5) is 0 Å². The van der Waals surface area contributed by atoms with Crippen molar-refractivity contribution < 1.29 is 75.8 Å². The molecule has 0 aromatic heterocycles. The summed E-state index contributed by atoms with van der Waals surface area (Å²) in [6.45, 7) is 0. The van der Waals surface area contributed by atoms with Crippen molar-refractivity contribution in [3.8, 4) is 0 Å². The molecular weight excluding hydrogens is 305 g/mol. The Balaban J connectivity index is -0.00000000167. The zero-order chi connectivity index (χ0) is 2.00. The summed E-state index contributed by atoms with van der Waals surface area (Å²) in [6, 6.07) is 0. The molecule has 0 bridgehead atoms. The predicted molar refractivity (Wildman–Crippen MR) is 0.686 cm³/mol. The molecule has 0 atom stereocenters. The van der Waals surface area contributed by atoms with Crippen LogP contribution in [-0.2, 0) is 75.8 Å². The summed E-state index contributed by atoms with van der Waals surface area (Å²) in [5.74, 6) is 0.